The van der Waals surface area contributed by atoms with Crippen LogP contribution in [-0.2, 0) is 0 Å². The fourth-order valence-electron chi connectivity index (χ4n) is 27.7. The Morgan fingerprint density at radius 2 is 0.270 bits per heavy atom. The van der Waals surface area contributed by atoms with E-state index in [0.717, 1.165) is 0 Å². The quantitative estimate of drug-likeness (QED) is 0.0421. The first-order chi connectivity index (χ1) is 65.8. The molecule has 0 N–H and O–H groups in total. The van der Waals surface area contributed by atoms with Gasteiger partial charge >= 0.3 is 0 Å². The first kappa shape index (κ1) is 141. The predicted molar refractivity (Wildman–Crippen MR) is 708 cm³/mol. The molecule has 0 aromatic heterocycles. The summed E-state index contributed by atoms with van der Waals surface area (Å²) in [5.41, 5.74) is 0. The molecule has 14 heteroatoms. The molecule has 0 aromatic rings. The zero-order valence-corrected chi connectivity index (χ0v) is 114. The molecule has 11 aliphatic heterocycles. The van der Waals surface area contributed by atoms with Crippen LogP contribution in [0, 0.1) is 0 Å². The molecule has 11 rings (SSSR count). The molecule has 0 aromatic carbocycles. The van der Waals surface area contributed by atoms with Crippen molar-refractivity contribution in [2.75, 3.05) is 348 Å². The third-order valence-electron chi connectivity index (χ3n) is 38.7. The number of unbranched alkanes of at least 4 members (excludes halogenated alkanes) is 9. The summed E-state index contributed by atoms with van der Waals surface area (Å²) in [6.45, 7) is 67.8. The van der Waals surface area contributed by atoms with Crippen LogP contribution in [0.2, 0.25) is 0 Å². The SMILES string of the molecule is CCCCCCCC[P+]1(CCC)CC[P+](C)(CCC)CC1.CCCC[P+]1(C)CCCC1.CCCC[P+]1(C)CCCCC1.CCCC[P+]1(CCC)CC[P+](CCC)(CCCC)CC1.CCC[P+]1(CC)CCCC1.CCC[P+]1(CC)CCCCC1.CCC[P+]1(CCC)CCCC1.CCC[P+]1(CCC)CCCCC1.CC[P+]1(C)CCCC1.CC[P+]1(C)CCCCC1.CC[P+]1(CC)CC[P+](CC)(CC)CC1. The Morgan fingerprint density at radius 1 is 0.102 bits per heavy atom. The highest BCUT2D eigenvalue weighted by atomic mass is 31.2. The van der Waals surface area contributed by atoms with Crippen LogP contribution in [0.1, 0.15) is 442 Å². The van der Waals surface area contributed by atoms with Crippen molar-refractivity contribution in [2.24, 2.45) is 0 Å². The average molecular weight is 2190 g/mol. The largest absolute Gasteiger partial charge is 0.0930 e. The second-order valence-electron chi connectivity index (χ2n) is 50.1. The topological polar surface area (TPSA) is 0 Å². The lowest BCUT2D eigenvalue weighted by Crippen LogP contribution is -2.28. The van der Waals surface area contributed by atoms with Crippen LogP contribution in [0.3, 0.4) is 0 Å². The van der Waals surface area contributed by atoms with Crippen molar-refractivity contribution in [2.45, 2.75) is 442 Å². The maximum Gasteiger partial charge on any atom is 0.0930 e. The molecular weight excluding hydrogens is 1910 g/mol. The Kier molecular flexibility index (Phi) is 84.9. The molecule has 0 spiro atoms. The normalized spacial score (nSPS) is 25.8. The molecule has 0 bridgehead atoms. The standard InChI is InChI=1S/C19H42P2.C18H40P2.C12H28P2.C11H24P.3C10H22P.2C9H20P.C8H18P.C7H16P/c1-5-8-9-10-11-12-15-21(14-7-3)18-16-20(4,13-6-2)17-19-21;1-5-9-13-19(11-7-3)15-17-20(12-8-4,18-16-19)14-10-6-2;1-5-13(6-2)9-11-14(7-3,8-4)12-10-13;1-3-8-12(9-4-2)10-6-5-7-11-12;1-3-4-8-11(2)9-6-5-7-10-11;1-3-8-11(4-2)9-6-5-7-10-11;1-3-7-11(8-4-2)9-5-6-10-11;1-3-4-7-10(2)8-5-6-9-10;1-3-7-10(4-2)8-5-6-9-10;1-3-9(2)7-5-4-6-8-9;1-3-8(2)6-4-5-7-8/h5-19H2,1-4H3;5-18H2,1-4H3;5-12H2,1-4H3;3-11H2,1-2H3;3*3-10H2,1-2H3;2*3-9H2,1-2H3;3-8H2,1-2H3;3-7H2,1-2H3/q3*+2;8*+1. The maximum absolute atomic E-state index is 2.68. The summed E-state index contributed by atoms with van der Waals surface area (Å²) in [6.07, 6.45) is 148. The highest BCUT2D eigenvalue weighted by Gasteiger charge is 2.53. The van der Waals surface area contributed by atoms with Gasteiger partial charge in [-0.1, -0.05) is 155 Å². The minimum atomic E-state index is -0.522. The van der Waals surface area contributed by atoms with Crippen LogP contribution in [-0.4, -0.2) is 348 Å². The van der Waals surface area contributed by atoms with Gasteiger partial charge in [-0.05, 0) is 287 Å². The molecule has 0 amide bonds. The van der Waals surface area contributed by atoms with Gasteiger partial charge in [0.2, 0.25) is 0 Å². The van der Waals surface area contributed by atoms with E-state index < -0.39 is 50.8 Å². The van der Waals surface area contributed by atoms with Crippen molar-refractivity contribution in [3.63, 3.8) is 0 Å². The number of rotatable bonds is 47. The molecule has 0 aliphatic carbocycles. The van der Waals surface area contributed by atoms with Crippen LogP contribution in [0.25, 0.3) is 0 Å². The summed E-state index contributed by atoms with van der Waals surface area (Å²) < 4.78 is 0. The number of hydrogen-bond donors (Lipinski definition) is 0. The van der Waals surface area contributed by atoms with E-state index in [9.17, 15) is 0 Å². The van der Waals surface area contributed by atoms with Crippen molar-refractivity contribution in [1.82, 2.24) is 0 Å². The van der Waals surface area contributed by atoms with Crippen LogP contribution in [0.5, 0.6) is 0 Å². The Balaban J connectivity index is 0.000000763. The molecule has 11 saturated heterocycles. The second kappa shape index (κ2) is 82.5. The van der Waals surface area contributed by atoms with Gasteiger partial charge in [0.25, 0.3) is 0 Å². The maximum atomic E-state index is 2.68. The van der Waals surface area contributed by atoms with Crippen LogP contribution in [0.4, 0.5) is 0 Å². The van der Waals surface area contributed by atoms with Crippen molar-refractivity contribution in [1.29, 1.82) is 0 Å². The summed E-state index contributed by atoms with van der Waals surface area (Å²) in [7, 11) is -5.70. The summed E-state index contributed by atoms with van der Waals surface area (Å²) in [5.74, 6) is 0. The van der Waals surface area contributed by atoms with E-state index in [1.807, 2.05) is 0 Å². The van der Waals surface area contributed by atoms with Crippen molar-refractivity contribution in [3.05, 3.63) is 0 Å². The fraction of sp³-hybridized carbons (Fsp3) is 1.00. The molecule has 0 unspecified atom stereocenters. The second-order valence-corrected chi connectivity index (χ2v) is 115. The lowest BCUT2D eigenvalue weighted by Gasteiger charge is -2.38. The van der Waals surface area contributed by atoms with Crippen molar-refractivity contribution in [3.8, 4) is 0 Å². The lowest BCUT2D eigenvalue weighted by molar-refractivity contribution is 0.625. The van der Waals surface area contributed by atoms with E-state index in [2.05, 4.69) is 193 Å². The van der Waals surface area contributed by atoms with Gasteiger partial charge in [-0.2, -0.15) is 0 Å². The summed E-state index contributed by atoms with van der Waals surface area (Å²) in [6, 6.07) is 0. The lowest BCUT2D eigenvalue weighted by atomic mass is 10.1. The van der Waals surface area contributed by atoms with Crippen LogP contribution < -0.4 is 0 Å². The molecule has 137 heavy (non-hydrogen) atoms. The Labute approximate surface area is 883 Å². The van der Waals surface area contributed by atoms with Crippen LogP contribution in [0.15, 0.2) is 0 Å². The molecule has 0 atom stereocenters. The van der Waals surface area contributed by atoms with E-state index in [1.165, 1.54) is 274 Å². The molecule has 11 aliphatic rings. The van der Waals surface area contributed by atoms with Gasteiger partial charge in [-0.15, -0.1) is 0 Å². The summed E-state index contributed by atoms with van der Waals surface area (Å²) >= 11 is 0. The minimum absolute atomic E-state index is 0.301. The molecule has 0 saturated carbocycles. The minimum Gasteiger partial charge on any atom is -0.0654 e. The zero-order chi connectivity index (χ0) is 102. The van der Waals surface area contributed by atoms with Gasteiger partial charge < -0.3 is 0 Å². The van der Waals surface area contributed by atoms with Crippen molar-refractivity contribution >= 4 is 102 Å². The first-order valence-electron chi connectivity index (χ1n) is 63.6. The number of hydrogen-bond acceptors (Lipinski definition) is 0. The monoisotopic (exact) mass is 2190 g/mol. The van der Waals surface area contributed by atoms with E-state index in [-0.39, 0.29) is 50.8 Å². The van der Waals surface area contributed by atoms with Gasteiger partial charge in [-0.3, -0.25) is 0 Å². The fourth-order valence-corrected chi connectivity index (χ4v) is 95.8. The smallest absolute Gasteiger partial charge is 0.0654 e. The average Bonchev–Trinajstić information content (AvgIpc) is 1.77. The highest BCUT2D eigenvalue weighted by molar-refractivity contribution is 7.85. The Bertz CT molecular complexity index is 2550. The van der Waals surface area contributed by atoms with Crippen LogP contribution >= 0.6 is 102 Å². The van der Waals surface area contributed by atoms with Gasteiger partial charge in [0.05, 0.1) is 314 Å². The third kappa shape index (κ3) is 59.1. The predicted octanol–water partition coefficient (Wildman–Crippen LogP) is 44.0. The highest BCUT2D eigenvalue weighted by Crippen LogP contribution is 2.76. The zero-order valence-electron chi connectivity index (χ0n) is 101. The van der Waals surface area contributed by atoms with Gasteiger partial charge in [0, 0.05) is 135 Å². The van der Waals surface area contributed by atoms with E-state index in [0.29, 0.717) is 0 Å². The first-order valence-corrected chi connectivity index (χ1v) is 100. The van der Waals surface area contributed by atoms with Crippen molar-refractivity contribution < 1.29 is 0 Å². The van der Waals surface area contributed by atoms with Gasteiger partial charge in [0.15, 0.2) is 0 Å². The summed E-state index contributed by atoms with van der Waals surface area (Å²) in [4.78, 5) is 0. The molecule has 11 heterocycles. The summed E-state index contributed by atoms with van der Waals surface area (Å²) in [5, 5.41) is 0. The molecule has 11 fully saturated rings. The molecule has 822 valence electrons. The molecule has 0 radical (unpaired) electrons. The Hall–Kier alpha value is 6.02. The van der Waals surface area contributed by atoms with Gasteiger partial charge in [0.1, 0.15) is 0 Å². The Morgan fingerprint density at radius 3 is 0.504 bits per heavy atom. The molecule has 0 nitrogen and oxygen atoms in total. The van der Waals surface area contributed by atoms with E-state index in [1.54, 1.807) is 323 Å². The van der Waals surface area contributed by atoms with E-state index >= 15 is 0 Å². The third-order valence-corrected chi connectivity index (χ3v) is 108. The van der Waals surface area contributed by atoms with Gasteiger partial charge in [-0.25, -0.2) is 0 Å². The van der Waals surface area contributed by atoms with E-state index in [4.69, 9.17) is 0 Å². The molecular formula is C123H274P14+14.